The van der Waals surface area contributed by atoms with E-state index in [9.17, 15) is 9.59 Å². The monoisotopic (exact) mass is 420 g/mol. The van der Waals surface area contributed by atoms with Crippen LogP contribution in [0.25, 0.3) is 5.57 Å². The molecule has 0 spiro atoms. The van der Waals surface area contributed by atoms with E-state index in [-0.39, 0.29) is 18.4 Å². The minimum atomic E-state index is -0.251. The molecule has 31 heavy (non-hydrogen) atoms. The second-order valence-electron chi connectivity index (χ2n) is 8.17. The van der Waals surface area contributed by atoms with Crippen LogP contribution in [-0.2, 0) is 16.1 Å². The minimum Gasteiger partial charge on any atom is -0.493 e. The summed E-state index contributed by atoms with van der Waals surface area (Å²) in [6.45, 7) is 3.95. The lowest BCUT2D eigenvalue weighted by Gasteiger charge is -2.33. The average molecular weight is 421 g/mol. The summed E-state index contributed by atoms with van der Waals surface area (Å²) in [5, 5.41) is 0. The Morgan fingerprint density at radius 3 is 2.39 bits per heavy atom. The number of amides is 2. The summed E-state index contributed by atoms with van der Waals surface area (Å²) >= 11 is 0. The first-order valence-electron chi connectivity index (χ1n) is 10.6. The van der Waals surface area contributed by atoms with Crippen molar-refractivity contribution in [2.75, 3.05) is 27.3 Å². The predicted octanol–water partition coefficient (Wildman–Crippen LogP) is 3.72. The fourth-order valence-electron chi connectivity index (χ4n) is 4.42. The van der Waals surface area contributed by atoms with Crippen molar-refractivity contribution in [2.24, 2.45) is 5.92 Å². The number of carbonyl (C=O) groups is 2. The van der Waals surface area contributed by atoms with Crippen molar-refractivity contribution in [3.05, 3.63) is 65.4 Å². The molecule has 2 amide bonds. The Kier molecular flexibility index (Phi) is 5.98. The molecular formula is C25H28N2O4. The van der Waals surface area contributed by atoms with E-state index in [1.807, 2.05) is 42.5 Å². The molecule has 0 N–H and O–H groups in total. The van der Waals surface area contributed by atoms with Gasteiger partial charge in [-0.2, -0.15) is 0 Å². The predicted molar refractivity (Wildman–Crippen MR) is 118 cm³/mol. The topological polar surface area (TPSA) is 59.1 Å². The van der Waals surface area contributed by atoms with E-state index in [1.54, 1.807) is 20.3 Å². The van der Waals surface area contributed by atoms with Crippen LogP contribution in [-0.4, -0.2) is 48.9 Å². The van der Waals surface area contributed by atoms with Crippen LogP contribution in [0, 0.1) is 5.92 Å². The smallest absolute Gasteiger partial charge is 0.278 e. The van der Waals surface area contributed by atoms with Gasteiger partial charge in [0.2, 0.25) is 0 Å². The summed E-state index contributed by atoms with van der Waals surface area (Å²) in [4.78, 5) is 30.5. The fraction of sp³-hybridized carbons (Fsp3) is 0.360. The second kappa shape index (κ2) is 8.84. The van der Waals surface area contributed by atoms with Gasteiger partial charge in [-0.25, -0.2) is 0 Å². The minimum absolute atomic E-state index is 0.182. The van der Waals surface area contributed by atoms with E-state index in [2.05, 4.69) is 11.8 Å². The molecule has 2 aliphatic heterocycles. The summed E-state index contributed by atoms with van der Waals surface area (Å²) in [5.41, 5.74) is 2.62. The SMILES string of the molecule is COc1ccc(CN2C(=O)C(c3ccccc3)=C(N3CCCC(C)C3)C2=O)cc1OC. The van der Waals surface area contributed by atoms with Crippen molar-refractivity contribution >= 4 is 17.4 Å². The van der Waals surface area contributed by atoms with Crippen LogP contribution in [0.5, 0.6) is 11.5 Å². The summed E-state index contributed by atoms with van der Waals surface area (Å²) in [6, 6.07) is 14.9. The third kappa shape index (κ3) is 4.02. The fourth-order valence-corrected chi connectivity index (χ4v) is 4.42. The Morgan fingerprint density at radius 1 is 0.968 bits per heavy atom. The van der Waals surface area contributed by atoms with Crippen molar-refractivity contribution in [1.82, 2.24) is 9.80 Å². The first-order chi connectivity index (χ1) is 15.0. The number of carbonyl (C=O) groups excluding carboxylic acids is 2. The number of imide groups is 1. The molecule has 0 aliphatic carbocycles. The van der Waals surface area contributed by atoms with E-state index in [1.165, 1.54) is 4.90 Å². The van der Waals surface area contributed by atoms with Gasteiger partial charge in [-0.1, -0.05) is 43.3 Å². The number of nitrogens with zero attached hydrogens (tertiary/aromatic N) is 2. The highest BCUT2D eigenvalue weighted by Gasteiger charge is 2.42. The quantitative estimate of drug-likeness (QED) is 0.667. The molecule has 0 aromatic heterocycles. The van der Waals surface area contributed by atoms with Crippen molar-refractivity contribution in [3.63, 3.8) is 0 Å². The lowest BCUT2D eigenvalue weighted by molar-refractivity contribution is -0.138. The molecule has 2 heterocycles. The van der Waals surface area contributed by atoms with E-state index in [0.29, 0.717) is 28.7 Å². The molecule has 162 valence electrons. The van der Waals surface area contributed by atoms with Gasteiger partial charge >= 0.3 is 0 Å². The zero-order chi connectivity index (χ0) is 22.0. The zero-order valence-electron chi connectivity index (χ0n) is 18.3. The Bertz CT molecular complexity index is 1020. The van der Waals surface area contributed by atoms with Crippen LogP contribution in [0.1, 0.15) is 30.9 Å². The normalized spacial score (nSPS) is 19.3. The number of benzene rings is 2. The summed E-state index contributed by atoms with van der Waals surface area (Å²) in [5.74, 6) is 1.19. The largest absolute Gasteiger partial charge is 0.493 e. The standard InChI is InChI=1S/C25H28N2O4/c1-17-8-7-13-26(15-17)23-22(19-9-5-4-6-10-19)24(28)27(25(23)29)16-18-11-12-20(30-2)21(14-18)31-3/h4-6,9-12,14,17H,7-8,13,15-16H2,1-3H3. The van der Waals surface area contributed by atoms with E-state index in [4.69, 9.17) is 9.47 Å². The lowest BCUT2D eigenvalue weighted by atomic mass is 9.98. The van der Waals surface area contributed by atoms with Crippen molar-refractivity contribution in [1.29, 1.82) is 0 Å². The molecule has 0 radical (unpaired) electrons. The third-order valence-corrected chi connectivity index (χ3v) is 5.97. The first-order valence-corrected chi connectivity index (χ1v) is 10.6. The second-order valence-corrected chi connectivity index (χ2v) is 8.17. The van der Waals surface area contributed by atoms with Gasteiger partial charge in [0.25, 0.3) is 11.8 Å². The highest BCUT2D eigenvalue weighted by Crippen LogP contribution is 2.35. The van der Waals surface area contributed by atoms with E-state index < -0.39 is 0 Å². The van der Waals surface area contributed by atoms with E-state index >= 15 is 0 Å². The van der Waals surface area contributed by atoms with Gasteiger partial charge in [-0.05, 0) is 42.0 Å². The number of ether oxygens (including phenoxy) is 2. The number of rotatable bonds is 6. The number of likely N-dealkylation sites (tertiary alicyclic amines) is 1. The van der Waals surface area contributed by atoms with Gasteiger partial charge in [0.05, 0.1) is 26.3 Å². The van der Waals surface area contributed by atoms with E-state index in [0.717, 1.165) is 37.1 Å². The average Bonchev–Trinajstić information content (AvgIpc) is 3.04. The molecule has 2 aromatic rings. The van der Waals surface area contributed by atoms with Crippen LogP contribution in [0.3, 0.4) is 0 Å². The highest BCUT2D eigenvalue weighted by molar-refractivity contribution is 6.35. The molecule has 1 fully saturated rings. The van der Waals surface area contributed by atoms with Gasteiger partial charge in [-0.15, -0.1) is 0 Å². The maximum atomic E-state index is 13.5. The lowest BCUT2D eigenvalue weighted by Crippen LogP contribution is -2.39. The van der Waals surface area contributed by atoms with Crippen LogP contribution >= 0.6 is 0 Å². The molecule has 1 atom stereocenters. The number of hydrogen-bond donors (Lipinski definition) is 0. The van der Waals surface area contributed by atoms with Crippen molar-refractivity contribution in [3.8, 4) is 11.5 Å². The maximum Gasteiger partial charge on any atom is 0.278 e. The van der Waals surface area contributed by atoms with Gasteiger partial charge < -0.3 is 14.4 Å². The molecule has 2 aromatic carbocycles. The van der Waals surface area contributed by atoms with Crippen molar-refractivity contribution in [2.45, 2.75) is 26.3 Å². The molecule has 4 rings (SSSR count). The van der Waals surface area contributed by atoms with Gasteiger partial charge in [0.1, 0.15) is 5.70 Å². The van der Waals surface area contributed by atoms with Crippen molar-refractivity contribution < 1.29 is 19.1 Å². The Hall–Kier alpha value is -3.28. The van der Waals surface area contributed by atoms with Crippen LogP contribution < -0.4 is 9.47 Å². The molecule has 6 nitrogen and oxygen atoms in total. The first kappa shape index (κ1) is 21.0. The molecule has 0 saturated carbocycles. The molecule has 1 saturated heterocycles. The number of piperidine rings is 1. The van der Waals surface area contributed by atoms with Gasteiger partial charge in [-0.3, -0.25) is 14.5 Å². The Morgan fingerprint density at radius 2 is 1.71 bits per heavy atom. The molecular weight excluding hydrogens is 392 g/mol. The molecule has 2 aliphatic rings. The Balaban J connectivity index is 1.70. The van der Waals surface area contributed by atoms with Crippen LogP contribution in [0.15, 0.2) is 54.2 Å². The van der Waals surface area contributed by atoms with Crippen LogP contribution in [0.4, 0.5) is 0 Å². The van der Waals surface area contributed by atoms with Crippen LogP contribution in [0.2, 0.25) is 0 Å². The Labute approximate surface area is 183 Å². The maximum absolute atomic E-state index is 13.5. The number of hydrogen-bond acceptors (Lipinski definition) is 5. The third-order valence-electron chi connectivity index (χ3n) is 5.97. The summed E-state index contributed by atoms with van der Waals surface area (Å²) in [6.07, 6.45) is 2.16. The molecule has 1 unspecified atom stereocenters. The molecule has 0 bridgehead atoms. The highest BCUT2D eigenvalue weighted by atomic mass is 16.5. The summed E-state index contributed by atoms with van der Waals surface area (Å²) < 4.78 is 10.7. The summed E-state index contributed by atoms with van der Waals surface area (Å²) in [7, 11) is 3.14. The zero-order valence-corrected chi connectivity index (χ0v) is 18.3. The molecule has 6 heteroatoms. The van der Waals surface area contributed by atoms with Gasteiger partial charge in [0, 0.05) is 13.1 Å². The van der Waals surface area contributed by atoms with Gasteiger partial charge in [0.15, 0.2) is 11.5 Å². The number of methoxy groups -OCH3 is 2.